The second-order valence-corrected chi connectivity index (χ2v) is 4.34. The van der Waals surface area contributed by atoms with Gasteiger partial charge in [0.05, 0.1) is 11.0 Å². The minimum atomic E-state index is -0.566. The fraction of sp³-hybridized carbons (Fsp3) is 0.333. The zero-order valence-corrected chi connectivity index (χ0v) is 9.54. The number of benzene rings is 1. The lowest BCUT2D eigenvalue weighted by molar-refractivity contribution is 0.811. The van der Waals surface area contributed by atoms with E-state index < -0.39 is 11.1 Å². The van der Waals surface area contributed by atoms with Crippen molar-refractivity contribution >= 4 is 16.7 Å². The highest BCUT2D eigenvalue weighted by Crippen LogP contribution is 2.27. The summed E-state index contributed by atoms with van der Waals surface area (Å²) < 4.78 is 1.44. The molecule has 1 aliphatic rings. The molecule has 0 spiro atoms. The van der Waals surface area contributed by atoms with E-state index in [1.165, 1.54) is 4.57 Å². The third-order valence-electron chi connectivity index (χ3n) is 3.28. The van der Waals surface area contributed by atoms with Gasteiger partial charge in [-0.2, -0.15) is 0 Å². The lowest BCUT2D eigenvalue weighted by atomic mass is 10.0. The quantitative estimate of drug-likeness (QED) is 0.652. The number of H-pyrrole nitrogens is 1. The van der Waals surface area contributed by atoms with E-state index in [1.54, 1.807) is 7.05 Å². The van der Waals surface area contributed by atoms with Gasteiger partial charge in [-0.15, -0.1) is 0 Å². The van der Waals surface area contributed by atoms with Crippen molar-refractivity contribution in [1.29, 1.82) is 0 Å². The maximum atomic E-state index is 11.7. The number of fused-ring (bicyclic) bond motifs is 3. The lowest BCUT2D eigenvalue weighted by Gasteiger charge is -2.20. The van der Waals surface area contributed by atoms with Crippen LogP contribution in [0.25, 0.3) is 11.0 Å². The molecule has 1 aromatic carbocycles. The molecular weight excluding hydrogens is 218 g/mol. The topological polar surface area (TPSA) is 66.9 Å². The van der Waals surface area contributed by atoms with E-state index in [9.17, 15) is 9.59 Å². The third kappa shape index (κ3) is 1.39. The van der Waals surface area contributed by atoms with Crippen LogP contribution in [0.4, 0.5) is 5.69 Å². The monoisotopic (exact) mass is 231 g/mol. The lowest BCUT2D eigenvalue weighted by Crippen LogP contribution is -2.35. The Morgan fingerprint density at radius 1 is 1.29 bits per heavy atom. The molecule has 2 aromatic rings. The van der Waals surface area contributed by atoms with E-state index in [1.807, 2.05) is 12.1 Å². The smallest absolute Gasteiger partial charge is 0.316 e. The number of anilines is 1. The van der Waals surface area contributed by atoms with E-state index >= 15 is 0 Å². The first kappa shape index (κ1) is 10.1. The number of hydrogen-bond donors (Lipinski definition) is 2. The van der Waals surface area contributed by atoms with Crippen LogP contribution in [0, 0.1) is 0 Å². The van der Waals surface area contributed by atoms with Crippen molar-refractivity contribution in [2.24, 2.45) is 7.05 Å². The highest BCUT2D eigenvalue weighted by atomic mass is 16.2. The number of rotatable bonds is 0. The molecule has 5 heteroatoms. The average molecular weight is 231 g/mol. The van der Waals surface area contributed by atoms with Gasteiger partial charge in [-0.3, -0.25) is 9.59 Å². The molecule has 0 radical (unpaired) electrons. The Hall–Kier alpha value is -2.04. The summed E-state index contributed by atoms with van der Waals surface area (Å²) >= 11 is 0. The molecular formula is C12H13N3O2. The molecule has 1 aromatic heterocycles. The van der Waals surface area contributed by atoms with Crippen molar-refractivity contribution < 1.29 is 0 Å². The van der Waals surface area contributed by atoms with Gasteiger partial charge in [0.2, 0.25) is 0 Å². The molecule has 0 amide bonds. The summed E-state index contributed by atoms with van der Waals surface area (Å²) in [4.78, 5) is 25.7. The van der Waals surface area contributed by atoms with Crippen LogP contribution in [0.1, 0.15) is 12.0 Å². The van der Waals surface area contributed by atoms with Gasteiger partial charge in [-0.25, -0.2) is 0 Å². The minimum absolute atomic E-state index is 0.503. The normalized spacial score (nSPS) is 14.4. The molecule has 2 N–H and O–H groups in total. The molecule has 17 heavy (non-hydrogen) atoms. The SMILES string of the molecule is Cn1c(=O)c(=O)[nH]c2ccc3c(c21)CCCN3. The second-order valence-electron chi connectivity index (χ2n) is 4.34. The van der Waals surface area contributed by atoms with Crippen LogP contribution in [-0.4, -0.2) is 16.1 Å². The Kier molecular flexibility index (Phi) is 2.07. The van der Waals surface area contributed by atoms with Crippen LogP contribution < -0.4 is 16.4 Å². The van der Waals surface area contributed by atoms with Crippen molar-refractivity contribution in [1.82, 2.24) is 9.55 Å². The fourth-order valence-corrected chi connectivity index (χ4v) is 2.46. The van der Waals surface area contributed by atoms with Crippen molar-refractivity contribution in [2.45, 2.75) is 12.8 Å². The standard InChI is InChI=1S/C12H13N3O2/c1-15-10-7-3-2-6-13-8(7)4-5-9(10)14-11(16)12(15)17/h4-5,13H,2-3,6H2,1H3,(H,14,16). The fourth-order valence-electron chi connectivity index (χ4n) is 2.46. The van der Waals surface area contributed by atoms with Crippen LogP contribution in [0.3, 0.4) is 0 Å². The molecule has 0 atom stereocenters. The largest absolute Gasteiger partial charge is 0.385 e. The van der Waals surface area contributed by atoms with E-state index in [0.29, 0.717) is 0 Å². The van der Waals surface area contributed by atoms with Gasteiger partial charge in [0.15, 0.2) is 0 Å². The zero-order valence-electron chi connectivity index (χ0n) is 9.54. The Bertz CT molecular complexity index is 712. The van der Waals surface area contributed by atoms with Crippen LogP contribution >= 0.6 is 0 Å². The predicted octanol–water partition coefficient (Wildman–Crippen LogP) is 0.585. The summed E-state index contributed by atoms with van der Waals surface area (Å²) in [7, 11) is 1.65. The summed E-state index contributed by atoms with van der Waals surface area (Å²) in [5.74, 6) is 0. The van der Waals surface area contributed by atoms with Crippen molar-refractivity contribution in [3.8, 4) is 0 Å². The van der Waals surface area contributed by atoms with E-state index in [0.717, 1.165) is 41.7 Å². The Morgan fingerprint density at radius 2 is 2.12 bits per heavy atom. The molecule has 88 valence electrons. The minimum Gasteiger partial charge on any atom is -0.385 e. The number of nitrogens with zero attached hydrogens (tertiary/aromatic N) is 1. The first-order valence-corrected chi connectivity index (χ1v) is 5.67. The molecule has 0 bridgehead atoms. The van der Waals surface area contributed by atoms with Crippen molar-refractivity contribution in [2.75, 3.05) is 11.9 Å². The number of hydrogen-bond acceptors (Lipinski definition) is 3. The van der Waals surface area contributed by atoms with Crippen molar-refractivity contribution in [3.63, 3.8) is 0 Å². The highest BCUT2D eigenvalue weighted by Gasteiger charge is 2.15. The Balaban J connectivity index is 2.50. The number of aryl methyl sites for hydroxylation is 2. The van der Waals surface area contributed by atoms with Gasteiger partial charge in [-0.05, 0) is 25.0 Å². The summed E-state index contributed by atoms with van der Waals surface area (Å²) in [5, 5.41) is 3.31. The maximum Gasteiger partial charge on any atom is 0.316 e. The average Bonchev–Trinajstić information content (AvgIpc) is 2.35. The maximum absolute atomic E-state index is 11.7. The first-order valence-electron chi connectivity index (χ1n) is 5.67. The first-order chi connectivity index (χ1) is 8.18. The molecule has 0 fully saturated rings. The molecule has 0 unspecified atom stereocenters. The van der Waals surface area contributed by atoms with Crippen molar-refractivity contribution in [3.05, 3.63) is 38.4 Å². The molecule has 0 saturated carbocycles. The number of aromatic nitrogens is 2. The predicted molar refractivity (Wildman–Crippen MR) is 66.6 cm³/mol. The van der Waals surface area contributed by atoms with Gasteiger partial charge >= 0.3 is 11.1 Å². The second kappa shape index (κ2) is 3.48. The third-order valence-corrected chi connectivity index (χ3v) is 3.28. The molecule has 0 aliphatic carbocycles. The van der Waals surface area contributed by atoms with Crippen LogP contribution in [-0.2, 0) is 13.5 Å². The van der Waals surface area contributed by atoms with Gasteiger partial charge in [0.25, 0.3) is 0 Å². The number of aromatic amines is 1. The molecule has 2 heterocycles. The Labute approximate surface area is 97.1 Å². The van der Waals surface area contributed by atoms with Gasteiger partial charge in [0, 0.05) is 24.8 Å². The summed E-state index contributed by atoms with van der Waals surface area (Å²) in [6.45, 7) is 0.954. The van der Waals surface area contributed by atoms with Crippen LogP contribution in [0.5, 0.6) is 0 Å². The molecule has 1 aliphatic heterocycles. The summed E-state index contributed by atoms with van der Waals surface area (Å²) in [6.07, 6.45) is 1.97. The molecule has 5 nitrogen and oxygen atoms in total. The number of nitrogens with one attached hydrogen (secondary N) is 2. The van der Waals surface area contributed by atoms with E-state index in [-0.39, 0.29) is 0 Å². The van der Waals surface area contributed by atoms with Crippen LogP contribution in [0.15, 0.2) is 21.7 Å². The molecule has 3 rings (SSSR count). The zero-order chi connectivity index (χ0) is 12.0. The Morgan fingerprint density at radius 3 is 2.94 bits per heavy atom. The molecule has 0 saturated heterocycles. The summed E-state index contributed by atoms with van der Waals surface area (Å²) in [6, 6.07) is 3.80. The van der Waals surface area contributed by atoms with E-state index in [2.05, 4.69) is 10.3 Å². The van der Waals surface area contributed by atoms with Gasteiger partial charge < -0.3 is 14.9 Å². The van der Waals surface area contributed by atoms with Crippen LogP contribution in [0.2, 0.25) is 0 Å². The van der Waals surface area contributed by atoms with Gasteiger partial charge in [-0.1, -0.05) is 0 Å². The van der Waals surface area contributed by atoms with Gasteiger partial charge in [0.1, 0.15) is 0 Å². The highest BCUT2D eigenvalue weighted by molar-refractivity contribution is 5.84. The van der Waals surface area contributed by atoms with E-state index in [4.69, 9.17) is 0 Å². The summed E-state index contributed by atoms with van der Waals surface area (Å²) in [5.41, 5.74) is 2.66.